The van der Waals surface area contributed by atoms with Crippen molar-refractivity contribution in [3.8, 4) is 12.0 Å². The zero-order valence-corrected chi connectivity index (χ0v) is 8.06. The lowest BCUT2D eigenvalue weighted by atomic mass is 10.1. The first-order valence-electron chi connectivity index (χ1n) is 4.53. The fourth-order valence-corrected chi connectivity index (χ4v) is 1.18. The first-order chi connectivity index (χ1) is 5.66. The zero-order valence-electron chi connectivity index (χ0n) is 8.06. The van der Waals surface area contributed by atoms with Crippen LogP contribution in [-0.4, -0.2) is 25.0 Å². The molecular weight excluding hydrogens is 148 g/mol. The molecule has 0 amide bonds. The molecule has 1 saturated carbocycles. The van der Waals surface area contributed by atoms with Crippen LogP contribution in [0, 0.1) is 17.4 Å². The number of rotatable bonds is 4. The highest BCUT2D eigenvalue weighted by molar-refractivity contribution is 4.96. The maximum Gasteiger partial charge on any atom is 0.0617 e. The van der Waals surface area contributed by atoms with Gasteiger partial charge in [0.2, 0.25) is 0 Å². The summed E-state index contributed by atoms with van der Waals surface area (Å²) in [5.74, 6) is 2.86. The molecule has 0 aromatic carbocycles. The van der Waals surface area contributed by atoms with Crippen molar-refractivity contribution in [2.75, 3.05) is 20.1 Å². The first kappa shape index (κ1) is 9.41. The Kier molecular flexibility index (Phi) is 2.99. The predicted octanol–water partition coefficient (Wildman–Crippen LogP) is 1.03. The first-order valence-corrected chi connectivity index (χ1v) is 4.53. The molecule has 1 rings (SSSR count). The summed E-state index contributed by atoms with van der Waals surface area (Å²) in [4.78, 5) is 2.23. The highest BCUT2D eigenvalue weighted by Gasteiger charge is 2.36. The molecule has 0 radical (unpaired) electrons. The second-order valence-electron chi connectivity index (χ2n) is 4.12. The van der Waals surface area contributed by atoms with Gasteiger partial charge in [0.25, 0.3) is 0 Å². The Morgan fingerprint density at radius 3 is 2.67 bits per heavy atom. The Balaban J connectivity index is 2.08. The van der Waals surface area contributed by atoms with E-state index in [2.05, 4.69) is 30.8 Å². The summed E-state index contributed by atoms with van der Waals surface area (Å²) in [6.07, 6.45) is 4.11. The van der Waals surface area contributed by atoms with Crippen LogP contribution in [0.25, 0.3) is 0 Å². The van der Waals surface area contributed by atoms with Crippen molar-refractivity contribution < 1.29 is 0 Å². The summed E-state index contributed by atoms with van der Waals surface area (Å²) in [6.45, 7) is 4.30. The Labute approximate surface area is 75.1 Å². The van der Waals surface area contributed by atoms with Gasteiger partial charge in [-0.05, 0) is 38.3 Å². The number of hydrogen-bond acceptors (Lipinski definition) is 2. The smallest absolute Gasteiger partial charge is 0.0617 e. The molecule has 2 heteroatoms. The lowest BCUT2D eigenvalue weighted by Gasteiger charge is -2.15. The normalized spacial score (nSPS) is 18.6. The molecule has 68 valence electrons. The average Bonchev–Trinajstić information content (AvgIpc) is 2.77. The molecule has 0 aromatic rings. The molecule has 1 fully saturated rings. The Hall–Kier alpha value is -0.680. The van der Waals surface area contributed by atoms with Crippen LogP contribution < -0.4 is 5.73 Å². The summed E-state index contributed by atoms with van der Waals surface area (Å²) in [5, 5.41) is 0. The van der Waals surface area contributed by atoms with Crippen LogP contribution in [0.4, 0.5) is 0 Å². The fourth-order valence-electron chi connectivity index (χ4n) is 1.18. The van der Waals surface area contributed by atoms with Crippen LogP contribution in [0.1, 0.15) is 26.2 Å². The number of nitrogens with zero attached hydrogens (tertiary/aromatic N) is 1. The van der Waals surface area contributed by atoms with E-state index in [-0.39, 0.29) is 0 Å². The number of hydrogen-bond donors (Lipinski definition) is 1. The third-order valence-electron chi connectivity index (χ3n) is 2.65. The van der Waals surface area contributed by atoms with Gasteiger partial charge in [0, 0.05) is 6.04 Å². The van der Waals surface area contributed by atoms with Crippen LogP contribution in [0.15, 0.2) is 0 Å². The molecule has 0 aromatic heterocycles. The van der Waals surface area contributed by atoms with E-state index in [0.717, 1.165) is 13.1 Å². The minimum atomic E-state index is 0.657. The Morgan fingerprint density at radius 1 is 1.50 bits per heavy atom. The molecule has 2 nitrogen and oxygen atoms in total. The summed E-state index contributed by atoms with van der Waals surface area (Å²) in [5.41, 5.74) is 5.74. The third kappa shape index (κ3) is 3.15. The highest BCUT2D eigenvalue weighted by atomic mass is 15.1. The summed E-state index contributed by atoms with van der Waals surface area (Å²) in [7, 11) is 2.09. The van der Waals surface area contributed by atoms with Crippen molar-refractivity contribution in [2.45, 2.75) is 26.2 Å². The van der Waals surface area contributed by atoms with Gasteiger partial charge in [-0.2, -0.15) is 0 Å². The van der Waals surface area contributed by atoms with E-state index in [1.807, 2.05) is 0 Å². The molecule has 0 saturated heterocycles. The second-order valence-corrected chi connectivity index (χ2v) is 4.12. The van der Waals surface area contributed by atoms with Crippen molar-refractivity contribution in [3.05, 3.63) is 0 Å². The molecule has 0 unspecified atom stereocenters. The van der Waals surface area contributed by atoms with Gasteiger partial charge in [-0.1, -0.05) is 12.8 Å². The van der Waals surface area contributed by atoms with Gasteiger partial charge >= 0.3 is 0 Å². The van der Waals surface area contributed by atoms with Crippen molar-refractivity contribution in [1.29, 1.82) is 0 Å². The molecule has 0 aliphatic heterocycles. The van der Waals surface area contributed by atoms with E-state index < -0.39 is 0 Å². The standard InChI is InChI=1S/C10H18N2/c1-10(4-5-10)6-9-12(2)8-3-7-11/h4-6,8-9,11H2,1-2H3. The van der Waals surface area contributed by atoms with Crippen molar-refractivity contribution >= 4 is 0 Å². The van der Waals surface area contributed by atoms with Gasteiger partial charge in [0.05, 0.1) is 6.54 Å². The molecule has 12 heavy (non-hydrogen) atoms. The molecule has 0 atom stereocenters. The maximum absolute atomic E-state index is 5.08. The van der Waals surface area contributed by atoms with E-state index in [1.165, 1.54) is 19.3 Å². The summed E-state index contributed by atoms with van der Waals surface area (Å²) < 4.78 is 0. The Morgan fingerprint density at radius 2 is 2.17 bits per heavy atom. The van der Waals surface area contributed by atoms with Gasteiger partial charge in [0.15, 0.2) is 0 Å². The topological polar surface area (TPSA) is 29.3 Å². The van der Waals surface area contributed by atoms with Crippen molar-refractivity contribution in [2.24, 2.45) is 11.1 Å². The maximum atomic E-state index is 5.08. The van der Waals surface area contributed by atoms with Gasteiger partial charge in [-0.3, -0.25) is 4.90 Å². The van der Waals surface area contributed by atoms with Gasteiger partial charge < -0.3 is 5.73 Å². The van der Waals surface area contributed by atoms with Crippen molar-refractivity contribution in [3.63, 3.8) is 0 Å². The van der Waals surface area contributed by atoms with E-state index in [0.29, 0.717) is 5.41 Å². The summed E-state index contributed by atoms with van der Waals surface area (Å²) >= 11 is 0. The van der Waals surface area contributed by atoms with E-state index >= 15 is 0 Å². The largest absolute Gasteiger partial charge is 0.359 e. The monoisotopic (exact) mass is 166 g/mol. The van der Waals surface area contributed by atoms with Gasteiger partial charge in [-0.15, -0.1) is 0 Å². The Bertz CT molecular complexity index is 196. The van der Waals surface area contributed by atoms with E-state index in [4.69, 9.17) is 5.73 Å². The quantitative estimate of drug-likeness (QED) is 0.499. The fraction of sp³-hybridized carbons (Fsp3) is 0.800. The molecule has 0 spiro atoms. The van der Waals surface area contributed by atoms with Crippen LogP contribution >= 0.6 is 0 Å². The van der Waals surface area contributed by atoms with Crippen LogP contribution in [0.5, 0.6) is 0 Å². The SMILES string of the molecule is CN(CC#CN)CCC1(C)CC1. The van der Waals surface area contributed by atoms with Crippen LogP contribution in [-0.2, 0) is 0 Å². The molecule has 0 bridgehead atoms. The highest BCUT2D eigenvalue weighted by Crippen LogP contribution is 2.47. The lowest BCUT2D eigenvalue weighted by Crippen LogP contribution is -2.22. The third-order valence-corrected chi connectivity index (χ3v) is 2.65. The minimum absolute atomic E-state index is 0.657. The zero-order chi connectivity index (χ0) is 9.03. The van der Waals surface area contributed by atoms with Crippen LogP contribution in [0.2, 0.25) is 0 Å². The van der Waals surface area contributed by atoms with Gasteiger partial charge in [-0.25, -0.2) is 0 Å². The van der Waals surface area contributed by atoms with E-state index in [9.17, 15) is 0 Å². The molecule has 2 N–H and O–H groups in total. The summed E-state index contributed by atoms with van der Waals surface area (Å²) in [6, 6.07) is 2.42. The minimum Gasteiger partial charge on any atom is -0.359 e. The molecule has 1 aliphatic rings. The van der Waals surface area contributed by atoms with Crippen LogP contribution in [0.3, 0.4) is 0 Å². The molecular formula is C10H18N2. The lowest BCUT2D eigenvalue weighted by molar-refractivity contribution is 0.329. The molecule has 1 aliphatic carbocycles. The van der Waals surface area contributed by atoms with Crippen molar-refractivity contribution in [1.82, 2.24) is 4.90 Å². The average molecular weight is 166 g/mol. The number of nitrogens with two attached hydrogens (primary N) is 1. The second kappa shape index (κ2) is 3.82. The molecule has 0 heterocycles. The van der Waals surface area contributed by atoms with E-state index in [1.54, 1.807) is 0 Å². The predicted molar refractivity (Wildman–Crippen MR) is 51.4 cm³/mol. The van der Waals surface area contributed by atoms with Gasteiger partial charge in [0.1, 0.15) is 0 Å².